The molecule has 132 valence electrons. The summed E-state index contributed by atoms with van der Waals surface area (Å²) in [5.41, 5.74) is 0.724. The lowest BCUT2D eigenvalue weighted by Crippen LogP contribution is -2.42. The summed E-state index contributed by atoms with van der Waals surface area (Å²) in [6.45, 7) is 0.922. The molecule has 25 heavy (non-hydrogen) atoms. The number of anilines is 1. The Hall–Kier alpha value is -2.06. The Kier molecular flexibility index (Phi) is 5.93. The molecule has 8 heteroatoms. The lowest BCUT2D eigenvalue weighted by Gasteiger charge is -2.27. The maximum absolute atomic E-state index is 12.3. The third-order valence-electron chi connectivity index (χ3n) is 3.40. The number of benzene rings is 2. The maximum atomic E-state index is 12.3. The van der Waals surface area contributed by atoms with Crippen LogP contribution in [-0.2, 0) is 0 Å². The molecule has 1 aliphatic heterocycles. The normalized spacial score (nSPS) is 15.7. The van der Waals surface area contributed by atoms with E-state index in [1.165, 1.54) is 0 Å². The molecule has 1 heterocycles. The first-order valence-corrected chi connectivity index (χ1v) is 8.87. The summed E-state index contributed by atoms with van der Waals surface area (Å²) >= 11 is 5.75. The highest BCUT2D eigenvalue weighted by Crippen LogP contribution is 2.30. The van der Waals surface area contributed by atoms with Crippen molar-refractivity contribution in [2.45, 2.75) is 16.8 Å². The van der Waals surface area contributed by atoms with Crippen molar-refractivity contribution in [2.24, 2.45) is 0 Å². The van der Waals surface area contributed by atoms with Crippen molar-refractivity contribution in [3.8, 4) is 11.5 Å². The van der Waals surface area contributed by atoms with Gasteiger partial charge in [0.2, 0.25) is 0 Å². The number of halogens is 2. The zero-order valence-corrected chi connectivity index (χ0v) is 14.7. The SMILES string of the molecule is FC(F)Sc1ccc(NC(=S)NC[C@H]2COc3ccccc3O2)cc1. The number of para-hydroxylation sites is 2. The van der Waals surface area contributed by atoms with Gasteiger partial charge in [-0.15, -0.1) is 0 Å². The Balaban J connectivity index is 1.45. The highest BCUT2D eigenvalue weighted by atomic mass is 32.2. The van der Waals surface area contributed by atoms with Crippen LogP contribution in [0.25, 0.3) is 0 Å². The second-order valence-electron chi connectivity index (χ2n) is 5.24. The number of hydrogen-bond donors (Lipinski definition) is 2. The number of nitrogens with one attached hydrogen (secondary N) is 2. The Morgan fingerprint density at radius 3 is 2.60 bits per heavy atom. The molecule has 0 aromatic heterocycles. The quantitative estimate of drug-likeness (QED) is 0.599. The third kappa shape index (κ3) is 5.20. The van der Waals surface area contributed by atoms with Crippen molar-refractivity contribution in [1.82, 2.24) is 5.32 Å². The highest BCUT2D eigenvalue weighted by molar-refractivity contribution is 7.99. The van der Waals surface area contributed by atoms with Gasteiger partial charge in [0.15, 0.2) is 16.6 Å². The number of alkyl halides is 2. The number of ether oxygens (including phenoxy) is 2. The fraction of sp³-hybridized carbons (Fsp3) is 0.235. The molecule has 2 N–H and O–H groups in total. The van der Waals surface area contributed by atoms with Crippen molar-refractivity contribution in [1.29, 1.82) is 0 Å². The molecule has 2 aromatic rings. The molecule has 0 bridgehead atoms. The van der Waals surface area contributed by atoms with E-state index in [2.05, 4.69) is 10.6 Å². The molecule has 2 aromatic carbocycles. The molecule has 0 saturated carbocycles. The van der Waals surface area contributed by atoms with Gasteiger partial charge in [-0.05, 0) is 48.6 Å². The zero-order valence-electron chi connectivity index (χ0n) is 13.1. The van der Waals surface area contributed by atoms with E-state index in [4.69, 9.17) is 21.7 Å². The van der Waals surface area contributed by atoms with E-state index in [-0.39, 0.29) is 6.10 Å². The summed E-state index contributed by atoms with van der Waals surface area (Å²) < 4.78 is 36.1. The number of thioether (sulfide) groups is 1. The minimum absolute atomic E-state index is 0.153. The van der Waals surface area contributed by atoms with Gasteiger partial charge < -0.3 is 20.1 Å². The van der Waals surface area contributed by atoms with Crippen molar-refractivity contribution in [3.05, 3.63) is 48.5 Å². The number of thiocarbonyl (C=S) groups is 1. The summed E-state index contributed by atoms with van der Waals surface area (Å²) in [5, 5.41) is 6.50. The van der Waals surface area contributed by atoms with Gasteiger partial charge in [-0.1, -0.05) is 23.9 Å². The van der Waals surface area contributed by atoms with E-state index in [1.807, 2.05) is 24.3 Å². The van der Waals surface area contributed by atoms with Crippen LogP contribution in [0.4, 0.5) is 14.5 Å². The Morgan fingerprint density at radius 2 is 1.88 bits per heavy atom. The van der Waals surface area contributed by atoms with Crippen molar-refractivity contribution < 1.29 is 18.3 Å². The maximum Gasteiger partial charge on any atom is 0.288 e. The first-order chi connectivity index (χ1) is 12.1. The highest BCUT2D eigenvalue weighted by Gasteiger charge is 2.20. The molecule has 4 nitrogen and oxygen atoms in total. The van der Waals surface area contributed by atoms with E-state index >= 15 is 0 Å². The van der Waals surface area contributed by atoms with E-state index < -0.39 is 5.76 Å². The fourth-order valence-electron chi connectivity index (χ4n) is 2.27. The average Bonchev–Trinajstić information content (AvgIpc) is 2.61. The van der Waals surface area contributed by atoms with Crippen molar-refractivity contribution in [3.63, 3.8) is 0 Å². The van der Waals surface area contributed by atoms with Gasteiger partial charge in [0.1, 0.15) is 12.7 Å². The molecule has 1 aliphatic rings. The van der Waals surface area contributed by atoms with Crippen molar-refractivity contribution in [2.75, 3.05) is 18.5 Å². The van der Waals surface area contributed by atoms with E-state index in [9.17, 15) is 8.78 Å². The molecule has 0 amide bonds. The molecule has 1 atom stereocenters. The zero-order chi connectivity index (χ0) is 17.6. The van der Waals surface area contributed by atoms with Gasteiger partial charge in [-0.25, -0.2) is 0 Å². The van der Waals surface area contributed by atoms with Crippen LogP contribution in [0, 0.1) is 0 Å². The molecular formula is C17H16F2N2O2S2. The second kappa shape index (κ2) is 8.35. The van der Waals surface area contributed by atoms with Gasteiger partial charge >= 0.3 is 0 Å². The Morgan fingerprint density at radius 1 is 1.16 bits per heavy atom. The van der Waals surface area contributed by atoms with Gasteiger partial charge in [-0.3, -0.25) is 0 Å². The lowest BCUT2D eigenvalue weighted by atomic mass is 10.2. The third-order valence-corrected chi connectivity index (χ3v) is 4.36. The number of fused-ring (bicyclic) bond motifs is 1. The standard InChI is InChI=1S/C17H16F2N2O2S2/c18-16(19)25-13-7-5-11(6-8-13)21-17(24)20-9-12-10-22-14-3-1-2-4-15(14)23-12/h1-8,12,16H,9-10H2,(H2,20,21,24)/t12-/m0/s1. The molecular weight excluding hydrogens is 366 g/mol. The summed E-state index contributed by atoms with van der Waals surface area (Å²) in [6, 6.07) is 14.2. The van der Waals surface area contributed by atoms with Gasteiger partial charge in [-0.2, -0.15) is 8.78 Å². The summed E-state index contributed by atoms with van der Waals surface area (Å²) in [7, 11) is 0. The Labute approximate surface area is 153 Å². The molecule has 3 rings (SSSR count). The monoisotopic (exact) mass is 382 g/mol. The lowest BCUT2D eigenvalue weighted by molar-refractivity contribution is 0.0939. The molecule has 0 saturated heterocycles. The summed E-state index contributed by atoms with van der Waals surface area (Å²) in [6.07, 6.45) is -0.153. The van der Waals surface area contributed by atoms with Crippen LogP contribution in [0.1, 0.15) is 0 Å². The first kappa shape index (κ1) is 17.8. The van der Waals surface area contributed by atoms with Crippen molar-refractivity contribution >= 4 is 34.8 Å². The van der Waals surface area contributed by atoms with Gasteiger partial charge in [0.05, 0.1) is 6.54 Å². The molecule has 0 spiro atoms. The molecule has 0 fully saturated rings. The van der Waals surface area contributed by atoms with Crippen LogP contribution in [0.2, 0.25) is 0 Å². The largest absolute Gasteiger partial charge is 0.486 e. The van der Waals surface area contributed by atoms with E-state index in [0.717, 1.165) is 11.4 Å². The van der Waals surface area contributed by atoms with Crippen LogP contribution in [0.15, 0.2) is 53.4 Å². The minimum Gasteiger partial charge on any atom is -0.486 e. The van der Waals surface area contributed by atoms with Crippen LogP contribution >= 0.6 is 24.0 Å². The Bertz CT molecular complexity index is 729. The topological polar surface area (TPSA) is 42.5 Å². The summed E-state index contributed by atoms with van der Waals surface area (Å²) in [5.74, 6) is -0.975. The van der Waals surface area contributed by atoms with Crippen LogP contribution in [-0.4, -0.2) is 30.1 Å². The van der Waals surface area contributed by atoms with Gasteiger partial charge in [0.25, 0.3) is 5.76 Å². The second-order valence-corrected chi connectivity index (χ2v) is 6.71. The number of hydrogen-bond acceptors (Lipinski definition) is 4. The van der Waals surface area contributed by atoms with E-state index in [0.29, 0.717) is 40.7 Å². The predicted molar refractivity (Wildman–Crippen MR) is 98.9 cm³/mol. The van der Waals surface area contributed by atoms with Crippen LogP contribution < -0.4 is 20.1 Å². The molecule has 0 radical (unpaired) electrons. The van der Waals surface area contributed by atoms with Crippen LogP contribution in [0.5, 0.6) is 11.5 Å². The average molecular weight is 382 g/mol. The predicted octanol–water partition coefficient (Wildman–Crippen LogP) is 4.13. The first-order valence-electron chi connectivity index (χ1n) is 7.58. The van der Waals surface area contributed by atoms with Gasteiger partial charge in [0, 0.05) is 10.6 Å². The molecule has 0 unspecified atom stereocenters. The fourth-order valence-corrected chi connectivity index (χ4v) is 2.97. The van der Waals surface area contributed by atoms with Crippen LogP contribution in [0.3, 0.4) is 0 Å². The summed E-state index contributed by atoms with van der Waals surface area (Å²) in [4.78, 5) is 0.505. The number of rotatable bonds is 5. The van der Waals surface area contributed by atoms with E-state index in [1.54, 1.807) is 24.3 Å². The smallest absolute Gasteiger partial charge is 0.288 e. The molecule has 0 aliphatic carbocycles. The minimum atomic E-state index is -2.43.